The van der Waals surface area contributed by atoms with Crippen molar-refractivity contribution in [2.45, 2.75) is 20.0 Å². The molecule has 0 bridgehead atoms. The quantitative estimate of drug-likeness (QED) is 0.506. The molecule has 30 heavy (non-hydrogen) atoms. The van der Waals surface area contributed by atoms with Crippen LogP contribution >= 0.6 is 0 Å². The first kappa shape index (κ1) is 19.3. The lowest BCUT2D eigenvalue weighted by atomic mass is 10.2. The van der Waals surface area contributed by atoms with E-state index in [0.717, 1.165) is 5.56 Å². The number of ether oxygens (including phenoxy) is 1. The van der Waals surface area contributed by atoms with Crippen LogP contribution < -0.4 is 15.6 Å². The smallest absolute Gasteiger partial charge is 0.283 e. The Kier molecular flexibility index (Phi) is 5.51. The van der Waals surface area contributed by atoms with Gasteiger partial charge in [0.2, 0.25) is 5.91 Å². The van der Waals surface area contributed by atoms with Crippen LogP contribution in [0.15, 0.2) is 65.7 Å². The van der Waals surface area contributed by atoms with E-state index in [2.05, 4.69) is 20.6 Å². The first-order valence-electron chi connectivity index (χ1n) is 9.50. The first-order valence-corrected chi connectivity index (χ1v) is 9.50. The number of nitrogens with zero attached hydrogens (tertiary/aromatic N) is 5. The number of rotatable bonds is 7. The maximum absolute atomic E-state index is 12.8. The van der Waals surface area contributed by atoms with Crippen LogP contribution in [0.1, 0.15) is 12.5 Å². The zero-order valence-corrected chi connectivity index (χ0v) is 16.4. The summed E-state index contributed by atoms with van der Waals surface area (Å²) in [5, 5.41) is 10.8. The van der Waals surface area contributed by atoms with E-state index in [1.54, 1.807) is 22.9 Å². The van der Waals surface area contributed by atoms with E-state index in [-0.39, 0.29) is 18.0 Å². The van der Waals surface area contributed by atoms with Gasteiger partial charge in [-0.05, 0) is 24.6 Å². The van der Waals surface area contributed by atoms with Crippen molar-refractivity contribution in [1.82, 2.24) is 24.5 Å². The highest BCUT2D eigenvalue weighted by Crippen LogP contribution is 2.23. The second-order valence-corrected chi connectivity index (χ2v) is 6.56. The molecule has 0 saturated heterocycles. The summed E-state index contributed by atoms with van der Waals surface area (Å²) in [6.07, 6.45) is 1.34. The van der Waals surface area contributed by atoms with Crippen molar-refractivity contribution < 1.29 is 9.53 Å². The molecule has 0 aliphatic rings. The second-order valence-electron chi connectivity index (χ2n) is 6.56. The Morgan fingerprint density at radius 3 is 2.67 bits per heavy atom. The molecule has 0 spiro atoms. The maximum atomic E-state index is 12.8. The molecule has 9 nitrogen and oxygen atoms in total. The number of benzene rings is 2. The molecule has 0 saturated carbocycles. The van der Waals surface area contributed by atoms with Gasteiger partial charge in [-0.3, -0.25) is 14.2 Å². The fourth-order valence-electron chi connectivity index (χ4n) is 3.06. The third kappa shape index (κ3) is 4.04. The molecule has 152 valence electrons. The van der Waals surface area contributed by atoms with Crippen LogP contribution in [0.3, 0.4) is 0 Å². The van der Waals surface area contributed by atoms with E-state index >= 15 is 0 Å². The summed E-state index contributed by atoms with van der Waals surface area (Å²) in [7, 11) is 0. The molecular formula is C21H20N6O3. The lowest BCUT2D eigenvalue weighted by Crippen LogP contribution is -2.28. The molecule has 2 aromatic carbocycles. The van der Waals surface area contributed by atoms with Crippen molar-refractivity contribution in [3.8, 4) is 5.75 Å². The summed E-state index contributed by atoms with van der Waals surface area (Å²) in [6.45, 7) is 2.59. The minimum absolute atomic E-state index is 0.121. The molecule has 4 aromatic rings. The Hall–Kier alpha value is -4.01. The van der Waals surface area contributed by atoms with Gasteiger partial charge in [0.25, 0.3) is 5.56 Å². The largest absolute Gasteiger partial charge is 0.492 e. The monoisotopic (exact) mass is 404 g/mol. The molecular weight excluding hydrogens is 384 g/mol. The average molecular weight is 404 g/mol. The molecule has 2 aromatic heterocycles. The summed E-state index contributed by atoms with van der Waals surface area (Å²) in [5.41, 5.74) is 1.63. The summed E-state index contributed by atoms with van der Waals surface area (Å²) in [5.74, 6) is 0.195. The minimum atomic E-state index is -0.424. The third-order valence-corrected chi connectivity index (χ3v) is 4.44. The first-order chi connectivity index (χ1) is 14.7. The normalized spacial score (nSPS) is 10.8. The van der Waals surface area contributed by atoms with Crippen molar-refractivity contribution in [1.29, 1.82) is 0 Å². The molecule has 9 heteroatoms. The topological polar surface area (TPSA) is 104 Å². The van der Waals surface area contributed by atoms with E-state index in [9.17, 15) is 9.59 Å². The molecule has 0 atom stereocenters. The number of hydrogen-bond acceptors (Lipinski definition) is 6. The van der Waals surface area contributed by atoms with Crippen LogP contribution in [0.2, 0.25) is 0 Å². The Labute approximate surface area is 171 Å². The van der Waals surface area contributed by atoms with Crippen LogP contribution in [-0.2, 0) is 17.9 Å². The van der Waals surface area contributed by atoms with E-state index in [4.69, 9.17) is 4.74 Å². The van der Waals surface area contributed by atoms with Gasteiger partial charge in [-0.2, -0.15) is 0 Å². The van der Waals surface area contributed by atoms with Crippen LogP contribution in [-0.4, -0.2) is 37.1 Å². The highest BCUT2D eigenvalue weighted by molar-refractivity contribution is 5.92. The van der Waals surface area contributed by atoms with Gasteiger partial charge < -0.3 is 10.1 Å². The Balaban J connectivity index is 1.53. The number of carbonyl (C=O) groups is 1. The van der Waals surface area contributed by atoms with Gasteiger partial charge in [0.1, 0.15) is 18.6 Å². The predicted octanol–water partition coefficient (Wildman–Crippen LogP) is 2.07. The van der Waals surface area contributed by atoms with Gasteiger partial charge >= 0.3 is 0 Å². The number of carbonyl (C=O) groups excluding carboxylic acids is 1. The summed E-state index contributed by atoms with van der Waals surface area (Å²) >= 11 is 0. The molecule has 4 rings (SSSR count). The zero-order valence-electron chi connectivity index (χ0n) is 16.4. The Morgan fingerprint density at radius 1 is 1.10 bits per heavy atom. The number of anilines is 1. The van der Waals surface area contributed by atoms with E-state index in [1.165, 1.54) is 10.9 Å². The number of hydrogen-bond donors (Lipinski definition) is 1. The van der Waals surface area contributed by atoms with Gasteiger partial charge in [0, 0.05) is 0 Å². The van der Waals surface area contributed by atoms with Crippen molar-refractivity contribution in [2.24, 2.45) is 0 Å². The number of aromatic nitrogens is 5. The molecule has 2 heterocycles. The fraction of sp³-hybridized carbons (Fsp3) is 0.190. The highest BCUT2D eigenvalue weighted by atomic mass is 16.5. The molecule has 0 fully saturated rings. The predicted molar refractivity (Wildman–Crippen MR) is 111 cm³/mol. The number of nitrogens with one attached hydrogen (secondary N) is 1. The standard InChI is InChI=1S/C21H20N6O3/c1-2-30-17-11-7-6-10-16(17)23-18(28)13-26-14-22-20-19(21(26)29)24-25-27(20)12-15-8-4-3-5-9-15/h3-11,14H,2,12-13H2,1H3,(H,23,28). The van der Waals surface area contributed by atoms with Gasteiger partial charge in [-0.15, -0.1) is 5.10 Å². The second kappa shape index (κ2) is 8.56. The van der Waals surface area contributed by atoms with Crippen LogP contribution in [0.25, 0.3) is 11.2 Å². The highest BCUT2D eigenvalue weighted by Gasteiger charge is 2.15. The number of para-hydroxylation sites is 2. The van der Waals surface area contributed by atoms with E-state index < -0.39 is 5.56 Å². The van der Waals surface area contributed by atoms with Gasteiger partial charge in [-0.25, -0.2) is 9.67 Å². The van der Waals surface area contributed by atoms with Crippen molar-refractivity contribution >= 4 is 22.8 Å². The third-order valence-electron chi connectivity index (χ3n) is 4.44. The SMILES string of the molecule is CCOc1ccccc1NC(=O)Cn1cnc2c(nnn2Cc2ccccc2)c1=O. The Bertz CT molecular complexity index is 1230. The summed E-state index contributed by atoms with van der Waals surface area (Å²) in [4.78, 5) is 29.5. The molecule has 0 radical (unpaired) electrons. The van der Waals surface area contributed by atoms with E-state index in [0.29, 0.717) is 30.2 Å². The van der Waals surface area contributed by atoms with Gasteiger partial charge in [0.05, 0.1) is 18.8 Å². The molecule has 0 aliphatic heterocycles. The summed E-state index contributed by atoms with van der Waals surface area (Å²) < 4.78 is 8.28. The zero-order chi connectivity index (χ0) is 20.9. The Morgan fingerprint density at radius 2 is 1.87 bits per heavy atom. The van der Waals surface area contributed by atoms with Gasteiger partial charge in [-0.1, -0.05) is 47.7 Å². The molecule has 1 N–H and O–H groups in total. The molecule has 0 aliphatic carbocycles. The fourth-order valence-corrected chi connectivity index (χ4v) is 3.06. The molecule has 0 unspecified atom stereocenters. The molecule has 1 amide bonds. The summed E-state index contributed by atoms with van der Waals surface area (Å²) in [6, 6.07) is 16.8. The van der Waals surface area contributed by atoms with Crippen LogP contribution in [0.5, 0.6) is 5.75 Å². The van der Waals surface area contributed by atoms with E-state index in [1.807, 2.05) is 43.3 Å². The van der Waals surface area contributed by atoms with Crippen molar-refractivity contribution in [3.63, 3.8) is 0 Å². The lowest BCUT2D eigenvalue weighted by Gasteiger charge is -2.11. The van der Waals surface area contributed by atoms with Crippen molar-refractivity contribution in [2.75, 3.05) is 11.9 Å². The number of fused-ring (bicyclic) bond motifs is 1. The lowest BCUT2D eigenvalue weighted by molar-refractivity contribution is -0.116. The van der Waals surface area contributed by atoms with Crippen LogP contribution in [0, 0.1) is 0 Å². The maximum Gasteiger partial charge on any atom is 0.283 e. The van der Waals surface area contributed by atoms with Gasteiger partial charge in [0.15, 0.2) is 11.2 Å². The van der Waals surface area contributed by atoms with Crippen LogP contribution in [0.4, 0.5) is 5.69 Å². The average Bonchev–Trinajstić information content (AvgIpc) is 3.16. The van der Waals surface area contributed by atoms with Crippen molar-refractivity contribution in [3.05, 3.63) is 76.8 Å². The number of amides is 1. The minimum Gasteiger partial charge on any atom is -0.492 e.